The van der Waals surface area contributed by atoms with E-state index in [1.165, 1.54) is 6.07 Å². The molecule has 1 heterocycles. The van der Waals surface area contributed by atoms with Crippen LogP contribution in [0.3, 0.4) is 0 Å². The molecule has 0 saturated carbocycles. The molecule has 17 heavy (non-hydrogen) atoms. The maximum atomic E-state index is 11.3. The van der Waals surface area contributed by atoms with E-state index in [2.05, 4.69) is 25.7 Å². The van der Waals surface area contributed by atoms with E-state index in [4.69, 9.17) is 9.52 Å². The molecule has 0 aromatic carbocycles. The van der Waals surface area contributed by atoms with Crippen molar-refractivity contribution in [1.82, 2.24) is 4.90 Å². The SMILES string of the molecule is CCC(C)CN(CC)Cc1cc(=O)c(O)co1. The van der Waals surface area contributed by atoms with Gasteiger partial charge in [0.2, 0.25) is 5.43 Å². The molecule has 0 radical (unpaired) electrons. The van der Waals surface area contributed by atoms with Crippen LogP contribution in [0.4, 0.5) is 0 Å². The molecule has 0 fully saturated rings. The molecule has 4 nitrogen and oxygen atoms in total. The van der Waals surface area contributed by atoms with Crippen LogP contribution in [0.25, 0.3) is 0 Å². The van der Waals surface area contributed by atoms with Gasteiger partial charge >= 0.3 is 0 Å². The van der Waals surface area contributed by atoms with E-state index in [0.717, 1.165) is 25.8 Å². The lowest BCUT2D eigenvalue weighted by molar-refractivity contribution is 0.218. The molecule has 96 valence electrons. The number of hydrogen-bond donors (Lipinski definition) is 1. The molecule has 1 N–H and O–H groups in total. The summed E-state index contributed by atoms with van der Waals surface area (Å²) < 4.78 is 5.19. The fourth-order valence-electron chi connectivity index (χ4n) is 1.62. The summed E-state index contributed by atoms with van der Waals surface area (Å²) in [5, 5.41) is 9.10. The zero-order chi connectivity index (χ0) is 12.8. The van der Waals surface area contributed by atoms with Crippen LogP contribution in [0.1, 0.15) is 33.0 Å². The first-order chi connectivity index (χ1) is 8.06. The van der Waals surface area contributed by atoms with Crippen molar-refractivity contribution < 1.29 is 9.52 Å². The summed E-state index contributed by atoms with van der Waals surface area (Å²) in [6.07, 6.45) is 2.24. The molecule has 4 heteroatoms. The van der Waals surface area contributed by atoms with Crippen molar-refractivity contribution in [3.8, 4) is 5.75 Å². The molecule has 0 spiro atoms. The van der Waals surface area contributed by atoms with Gasteiger partial charge in [-0.2, -0.15) is 0 Å². The Bertz CT molecular complexity index is 400. The number of rotatable bonds is 6. The van der Waals surface area contributed by atoms with E-state index in [1.54, 1.807) is 0 Å². The lowest BCUT2D eigenvalue weighted by atomic mass is 10.1. The zero-order valence-electron chi connectivity index (χ0n) is 10.8. The van der Waals surface area contributed by atoms with Crippen molar-refractivity contribution >= 4 is 0 Å². The van der Waals surface area contributed by atoms with Crippen LogP contribution < -0.4 is 5.43 Å². The molecule has 0 aliphatic rings. The molecule has 0 aliphatic heterocycles. The highest BCUT2D eigenvalue weighted by molar-refractivity contribution is 5.15. The normalized spacial score (nSPS) is 12.9. The number of hydrogen-bond acceptors (Lipinski definition) is 4. The van der Waals surface area contributed by atoms with Crippen LogP contribution in [0.2, 0.25) is 0 Å². The van der Waals surface area contributed by atoms with Crippen LogP contribution >= 0.6 is 0 Å². The van der Waals surface area contributed by atoms with Crippen molar-refractivity contribution in [2.24, 2.45) is 5.92 Å². The van der Waals surface area contributed by atoms with Gasteiger partial charge in [-0.25, -0.2) is 0 Å². The van der Waals surface area contributed by atoms with Gasteiger partial charge in [0.25, 0.3) is 0 Å². The molecule has 0 amide bonds. The molecule has 0 bridgehead atoms. The van der Waals surface area contributed by atoms with E-state index in [0.29, 0.717) is 18.2 Å². The Morgan fingerprint density at radius 1 is 1.47 bits per heavy atom. The molecular weight excluding hydrogens is 218 g/mol. The Kier molecular flexibility index (Phi) is 5.22. The third-order valence-electron chi connectivity index (χ3n) is 2.96. The first kappa shape index (κ1) is 13.8. The molecule has 1 rings (SSSR count). The predicted octanol–water partition coefficient (Wildman–Crippen LogP) is 2.21. The van der Waals surface area contributed by atoms with Crippen molar-refractivity contribution in [1.29, 1.82) is 0 Å². The third kappa shape index (κ3) is 4.23. The highest BCUT2D eigenvalue weighted by atomic mass is 16.4. The maximum Gasteiger partial charge on any atom is 0.226 e. The van der Waals surface area contributed by atoms with Crippen LogP contribution in [0.5, 0.6) is 5.75 Å². The summed E-state index contributed by atoms with van der Waals surface area (Å²) in [6, 6.07) is 1.36. The fourth-order valence-corrected chi connectivity index (χ4v) is 1.62. The van der Waals surface area contributed by atoms with Gasteiger partial charge in [-0.15, -0.1) is 0 Å². The van der Waals surface area contributed by atoms with E-state index in [1.807, 2.05) is 0 Å². The second-order valence-electron chi connectivity index (χ2n) is 4.44. The average Bonchev–Trinajstić information content (AvgIpc) is 2.32. The average molecular weight is 239 g/mol. The Hall–Kier alpha value is -1.29. The molecule has 1 aromatic heterocycles. The number of aromatic hydroxyl groups is 1. The van der Waals surface area contributed by atoms with Crippen molar-refractivity contribution in [2.45, 2.75) is 33.7 Å². The van der Waals surface area contributed by atoms with Gasteiger partial charge in [0.1, 0.15) is 12.0 Å². The third-order valence-corrected chi connectivity index (χ3v) is 2.96. The minimum Gasteiger partial charge on any atom is -0.502 e. The molecule has 1 unspecified atom stereocenters. The standard InChI is InChI=1S/C13H21NO3/c1-4-10(3)7-14(5-2)8-11-6-12(15)13(16)9-17-11/h6,9-10,16H,4-5,7-8H2,1-3H3. The van der Waals surface area contributed by atoms with Crippen LogP contribution in [0, 0.1) is 5.92 Å². The van der Waals surface area contributed by atoms with Crippen molar-refractivity contribution in [3.05, 3.63) is 28.3 Å². The van der Waals surface area contributed by atoms with Gasteiger partial charge in [0.15, 0.2) is 5.75 Å². The lowest BCUT2D eigenvalue weighted by Gasteiger charge is -2.22. The minimum absolute atomic E-state index is 0.335. The first-order valence-corrected chi connectivity index (χ1v) is 6.09. The Balaban J connectivity index is 2.67. The Morgan fingerprint density at radius 3 is 2.71 bits per heavy atom. The summed E-state index contributed by atoms with van der Waals surface area (Å²) in [6.45, 7) is 8.96. The van der Waals surface area contributed by atoms with Crippen LogP contribution in [-0.4, -0.2) is 23.1 Å². The Morgan fingerprint density at radius 2 is 2.18 bits per heavy atom. The fraction of sp³-hybridized carbons (Fsp3) is 0.615. The first-order valence-electron chi connectivity index (χ1n) is 6.09. The monoisotopic (exact) mass is 239 g/mol. The second kappa shape index (κ2) is 6.45. The molecule has 1 atom stereocenters. The minimum atomic E-state index is -0.383. The van der Waals surface area contributed by atoms with Gasteiger partial charge in [-0.05, 0) is 12.5 Å². The summed E-state index contributed by atoms with van der Waals surface area (Å²) >= 11 is 0. The van der Waals surface area contributed by atoms with Crippen molar-refractivity contribution in [3.63, 3.8) is 0 Å². The Labute approximate surface area is 102 Å². The van der Waals surface area contributed by atoms with Gasteiger partial charge in [-0.1, -0.05) is 27.2 Å². The summed E-state index contributed by atoms with van der Waals surface area (Å²) in [5.74, 6) is 0.885. The van der Waals surface area contributed by atoms with Gasteiger partial charge in [0.05, 0.1) is 6.54 Å². The quantitative estimate of drug-likeness (QED) is 0.827. The molecule has 0 aliphatic carbocycles. The summed E-state index contributed by atoms with van der Waals surface area (Å²) in [4.78, 5) is 13.5. The molecule has 0 saturated heterocycles. The van der Waals surface area contributed by atoms with Crippen LogP contribution in [0.15, 0.2) is 21.5 Å². The highest BCUT2D eigenvalue weighted by Gasteiger charge is 2.10. The van der Waals surface area contributed by atoms with Gasteiger partial charge < -0.3 is 9.52 Å². The van der Waals surface area contributed by atoms with Gasteiger partial charge in [-0.3, -0.25) is 9.69 Å². The topological polar surface area (TPSA) is 53.7 Å². The van der Waals surface area contributed by atoms with E-state index >= 15 is 0 Å². The van der Waals surface area contributed by atoms with Crippen molar-refractivity contribution in [2.75, 3.05) is 13.1 Å². The second-order valence-corrected chi connectivity index (χ2v) is 4.44. The van der Waals surface area contributed by atoms with E-state index in [9.17, 15) is 4.79 Å². The van der Waals surface area contributed by atoms with E-state index in [-0.39, 0.29) is 11.2 Å². The molecular formula is C13H21NO3. The largest absolute Gasteiger partial charge is 0.502 e. The lowest BCUT2D eigenvalue weighted by Crippen LogP contribution is -2.28. The predicted molar refractivity (Wildman–Crippen MR) is 67.0 cm³/mol. The molecule has 1 aromatic rings. The summed E-state index contributed by atoms with van der Waals surface area (Å²) in [5.41, 5.74) is -0.383. The highest BCUT2D eigenvalue weighted by Crippen LogP contribution is 2.10. The number of nitrogens with zero attached hydrogens (tertiary/aromatic N) is 1. The summed E-state index contributed by atoms with van der Waals surface area (Å²) in [7, 11) is 0. The van der Waals surface area contributed by atoms with E-state index < -0.39 is 0 Å². The zero-order valence-corrected chi connectivity index (χ0v) is 10.8. The maximum absolute atomic E-state index is 11.3. The van der Waals surface area contributed by atoms with Crippen LogP contribution in [-0.2, 0) is 6.54 Å². The van der Waals surface area contributed by atoms with Gasteiger partial charge in [0, 0.05) is 12.6 Å². The smallest absolute Gasteiger partial charge is 0.226 e.